The predicted octanol–water partition coefficient (Wildman–Crippen LogP) is 2.50. The molecule has 0 fully saturated rings. The largest absolute Gasteiger partial charge is 0.496 e. The van der Waals surface area contributed by atoms with E-state index in [1.807, 2.05) is 12.2 Å². The fraction of sp³-hybridized carbons (Fsp3) is 0.167. The van der Waals surface area contributed by atoms with Gasteiger partial charge in [0.1, 0.15) is 5.76 Å². The Balaban J connectivity index is 2.53. The number of hydrogen-bond donors (Lipinski definition) is 0. The molecule has 4 nitrogen and oxygen atoms in total. The zero-order valence-electron chi connectivity index (χ0n) is 8.84. The Hall–Kier alpha value is -2.10. The number of hydrogen-bond acceptors (Lipinski definition) is 3. The molecular formula is C12H11NO3. The van der Waals surface area contributed by atoms with Gasteiger partial charge in [-0.2, -0.15) is 0 Å². The average Bonchev–Trinajstić information content (AvgIpc) is 2.59. The monoisotopic (exact) mass is 217 g/mol. The van der Waals surface area contributed by atoms with Gasteiger partial charge in [0, 0.05) is 18.1 Å². The smallest absolute Gasteiger partial charge is 0.273 e. The van der Waals surface area contributed by atoms with Crippen LogP contribution in [0.2, 0.25) is 0 Å². The first-order chi connectivity index (χ1) is 7.72. The second-order valence-electron chi connectivity index (χ2n) is 3.49. The number of nitro groups is 1. The molecule has 0 aromatic carbocycles. The normalized spacial score (nSPS) is 18.6. The second kappa shape index (κ2) is 4.18. The molecule has 0 aromatic heterocycles. The standard InChI is InChI=1S/C12H11NO3/c1-16-12-7-6-11(13(14)15)9-4-2-3-5-10(12)8-9/h2-7H,8H2,1H3. The molecule has 2 rings (SSSR count). The van der Waals surface area contributed by atoms with Crippen molar-refractivity contribution in [3.05, 3.63) is 69.2 Å². The fourth-order valence-electron chi connectivity index (χ4n) is 1.76. The zero-order valence-corrected chi connectivity index (χ0v) is 8.84. The topological polar surface area (TPSA) is 52.4 Å². The third kappa shape index (κ3) is 1.82. The van der Waals surface area contributed by atoms with Gasteiger partial charge >= 0.3 is 0 Å². The molecule has 0 saturated carbocycles. The first-order valence-corrected chi connectivity index (χ1v) is 4.90. The van der Waals surface area contributed by atoms with Crippen molar-refractivity contribution in [2.24, 2.45) is 0 Å². The molecular weight excluding hydrogens is 206 g/mol. The Morgan fingerprint density at radius 2 is 1.88 bits per heavy atom. The molecule has 0 aromatic rings. The van der Waals surface area contributed by atoms with E-state index in [0.717, 1.165) is 5.57 Å². The van der Waals surface area contributed by atoms with Crippen molar-refractivity contribution in [2.45, 2.75) is 6.42 Å². The van der Waals surface area contributed by atoms with Crippen molar-refractivity contribution in [1.82, 2.24) is 0 Å². The van der Waals surface area contributed by atoms with Crippen LogP contribution in [0.3, 0.4) is 0 Å². The van der Waals surface area contributed by atoms with Gasteiger partial charge in [0.05, 0.1) is 12.0 Å². The van der Waals surface area contributed by atoms with Crippen LogP contribution >= 0.6 is 0 Å². The number of methoxy groups -OCH3 is 1. The van der Waals surface area contributed by atoms with Crippen molar-refractivity contribution in [1.29, 1.82) is 0 Å². The first-order valence-electron chi connectivity index (χ1n) is 4.90. The highest BCUT2D eigenvalue weighted by molar-refractivity contribution is 5.47. The van der Waals surface area contributed by atoms with Gasteiger partial charge in [0.2, 0.25) is 0 Å². The summed E-state index contributed by atoms with van der Waals surface area (Å²) in [6.45, 7) is 0. The molecule has 2 bridgehead atoms. The molecule has 0 unspecified atom stereocenters. The van der Waals surface area contributed by atoms with Gasteiger partial charge in [-0.15, -0.1) is 0 Å². The second-order valence-corrected chi connectivity index (χ2v) is 3.49. The van der Waals surface area contributed by atoms with Crippen LogP contribution in [0.5, 0.6) is 0 Å². The van der Waals surface area contributed by atoms with E-state index in [1.54, 1.807) is 25.3 Å². The Morgan fingerprint density at radius 1 is 1.19 bits per heavy atom. The summed E-state index contributed by atoms with van der Waals surface area (Å²) in [6, 6.07) is 0. The summed E-state index contributed by atoms with van der Waals surface area (Å²) >= 11 is 0. The maximum absolute atomic E-state index is 10.9. The Bertz CT molecular complexity index is 478. The van der Waals surface area contributed by atoms with Crippen molar-refractivity contribution in [3.8, 4) is 0 Å². The number of nitrogens with zero attached hydrogens (tertiary/aromatic N) is 1. The molecule has 2 aliphatic rings. The Morgan fingerprint density at radius 3 is 2.50 bits per heavy atom. The van der Waals surface area contributed by atoms with Crippen LogP contribution in [0.4, 0.5) is 0 Å². The van der Waals surface area contributed by atoms with Gasteiger partial charge in [0.15, 0.2) is 0 Å². The first kappa shape index (κ1) is 10.4. The average molecular weight is 217 g/mol. The van der Waals surface area contributed by atoms with Gasteiger partial charge in [-0.05, 0) is 11.6 Å². The van der Waals surface area contributed by atoms with Crippen LogP contribution in [0.15, 0.2) is 59.1 Å². The molecule has 82 valence electrons. The van der Waals surface area contributed by atoms with Crippen LogP contribution in [-0.2, 0) is 4.74 Å². The third-order valence-corrected chi connectivity index (χ3v) is 2.54. The third-order valence-electron chi connectivity index (χ3n) is 2.54. The number of fused-ring (bicyclic) bond motifs is 2. The molecule has 4 heteroatoms. The highest BCUT2D eigenvalue weighted by Crippen LogP contribution is 2.30. The van der Waals surface area contributed by atoms with Gasteiger partial charge in [-0.3, -0.25) is 10.1 Å². The molecule has 0 atom stereocenters. The summed E-state index contributed by atoms with van der Waals surface area (Å²) in [6.07, 6.45) is 11.0. The van der Waals surface area contributed by atoms with Gasteiger partial charge < -0.3 is 4.74 Å². The quantitative estimate of drug-likeness (QED) is 0.527. The SMILES string of the molecule is COC1=CC=C([N+](=O)[O-])C2=CC=CC=C1C2. The minimum absolute atomic E-state index is 0.129. The molecule has 0 saturated heterocycles. The van der Waals surface area contributed by atoms with Crippen LogP contribution < -0.4 is 0 Å². The maximum atomic E-state index is 10.9. The minimum atomic E-state index is -0.363. The van der Waals surface area contributed by atoms with E-state index in [-0.39, 0.29) is 10.6 Å². The predicted molar refractivity (Wildman–Crippen MR) is 60.1 cm³/mol. The summed E-state index contributed by atoms with van der Waals surface area (Å²) in [5.41, 5.74) is 1.79. The highest BCUT2D eigenvalue weighted by Gasteiger charge is 2.22. The molecule has 2 aliphatic carbocycles. The van der Waals surface area contributed by atoms with Crippen LogP contribution in [0.1, 0.15) is 6.42 Å². The van der Waals surface area contributed by atoms with E-state index in [9.17, 15) is 10.1 Å². The number of rotatable bonds is 2. The lowest BCUT2D eigenvalue weighted by Gasteiger charge is -2.07. The van der Waals surface area contributed by atoms with Crippen molar-refractivity contribution in [3.63, 3.8) is 0 Å². The van der Waals surface area contributed by atoms with E-state index >= 15 is 0 Å². The van der Waals surface area contributed by atoms with Crippen molar-refractivity contribution in [2.75, 3.05) is 7.11 Å². The molecule has 0 heterocycles. The molecule has 0 N–H and O–H groups in total. The van der Waals surface area contributed by atoms with Crippen molar-refractivity contribution < 1.29 is 9.66 Å². The van der Waals surface area contributed by atoms with Gasteiger partial charge in [0.25, 0.3) is 5.70 Å². The van der Waals surface area contributed by atoms with E-state index in [4.69, 9.17) is 4.74 Å². The lowest BCUT2D eigenvalue weighted by molar-refractivity contribution is -0.420. The number of allylic oxidation sites excluding steroid dienone is 8. The number of ether oxygens (including phenoxy) is 1. The van der Waals surface area contributed by atoms with Crippen LogP contribution in [0.25, 0.3) is 0 Å². The summed E-state index contributed by atoms with van der Waals surface area (Å²) in [5, 5.41) is 10.9. The van der Waals surface area contributed by atoms with Crippen LogP contribution in [-0.4, -0.2) is 12.0 Å². The summed E-state index contributed by atoms with van der Waals surface area (Å²) < 4.78 is 5.21. The summed E-state index contributed by atoms with van der Waals surface area (Å²) in [7, 11) is 1.57. The highest BCUT2D eigenvalue weighted by atomic mass is 16.6. The zero-order chi connectivity index (χ0) is 11.5. The van der Waals surface area contributed by atoms with Gasteiger partial charge in [-0.1, -0.05) is 24.3 Å². The minimum Gasteiger partial charge on any atom is -0.496 e. The molecule has 0 aliphatic heterocycles. The van der Waals surface area contributed by atoms with Crippen LogP contribution in [0, 0.1) is 10.1 Å². The maximum Gasteiger partial charge on any atom is 0.273 e. The summed E-state index contributed by atoms with van der Waals surface area (Å²) in [5.74, 6) is 0.675. The lowest BCUT2D eigenvalue weighted by atomic mass is 10.0. The van der Waals surface area contributed by atoms with E-state index in [2.05, 4.69) is 0 Å². The van der Waals surface area contributed by atoms with E-state index in [0.29, 0.717) is 17.8 Å². The van der Waals surface area contributed by atoms with E-state index in [1.165, 1.54) is 6.08 Å². The fourth-order valence-corrected chi connectivity index (χ4v) is 1.76. The lowest BCUT2D eigenvalue weighted by Crippen LogP contribution is -2.01. The molecule has 0 radical (unpaired) electrons. The van der Waals surface area contributed by atoms with Crippen molar-refractivity contribution >= 4 is 0 Å². The van der Waals surface area contributed by atoms with Gasteiger partial charge in [-0.25, -0.2) is 0 Å². The summed E-state index contributed by atoms with van der Waals surface area (Å²) in [4.78, 5) is 10.5. The Labute approximate surface area is 93.1 Å². The molecule has 16 heavy (non-hydrogen) atoms. The molecule has 0 amide bonds. The molecule has 0 spiro atoms. The van der Waals surface area contributed by atoms with E-state index < -0.39 is 0 Å². The Kier molecular flexibility index (Phi) is 2.72.